The van der Waals surface area contributed by atoms with Crippen LogP contribution in [-0.2, 0) is 0 Å². The second-order valence-electron chi connectivity index (χ2n) is 5.34. The van der Waals surface area contributed by atoms with Crippen LogP contribution in [0.2, 0.25) is 0 Å². The highest BCUT2D eigenvalue weighted by Gasteiger charge is 2.30. The molecule has 0 saturated carbocycles. The molecule has 0 saturated heterocycles. The van der Waals surface area contributed by atoms with Gasteiger partial charge in [0.25, 0.3) is 0 Å². The summed E-state index contributed by atoms with van der Waals surface area (Å²) in [6, 6.07) is 4.51. The van der Waals surface area contributed by atoms with Crippen molar-refractivity contribution in [2.24, 2.45) is 11.1 Å². The normalized spacial score (nSPS) is 15.5. The molecule has 2 N–H and O–H groups in total. The van der Waals surface area contributed by atoms with Crippen LogP contribution < -0.4 is 10.5 Å². The monoisotopic (exact) mass is 303 g/mol. The zero-order chi connectivity index (χ0) is 13.2. The summed E-state index contributed by atoms with van der Waals surface area (Å²) in [6.07, 6.45) is -0.125. The van der Waals surface area contributed by atoms with Crippen LogP contribution in [0.15, 0.2) is 22.7 Å². The van der Waals surface area contributed by atoms with E-state index in [1.807, 2.05) is 6.92 Å². The van der Waals surface area contributed by atoms with Gasteiger partial charge in [0.2, 0.25) is 0 Å². The Morgan fingerprint density at radius 3 is 2.35 bits per heavy atom. The number of benzene rings is 1. The molecule has 2 atom stereocenters. The lowest BCUT2D eigenvalue weighted by Gasteiger charge is -2.34. The molecule has 0 radical (unpaired) electrons. The van der Waals surface area contributed by atoms with Gasteiger partial charge in [-0.3, -0.25) is 0 Å². The summed E-state index contributed by atoms with van der Waals surface area (Å²) in [6.45, 7) is 8.12. The maximum atomic E-state index is 13.1. The van der Waals surface area contributed by atoms with Gasteiger partial charge in [-0.05, 0) is 41.1 Å². The number of nitrogens with two attached hydrogens (primary N) is 1. The summed E-state index contributed by atoms with van der Waals surface area (Å²) in [5.74, 6) is 0.320. The van der Waals surface area contributed by atoms with E-state index in [0.29, 0.717) is 10.2 Å². The minimum absolute atomic E-state index is 0.0744. The third kappa shape index (κ3) is 3.96. The van der Waals surface area contributed by atoms with Crippen molar-refractivity contribution < 1.29 is 9.13 Å². The van der Waals surface area contributed by atoms with Crippen molar-refractivity contribution in [3.8, 4) is 5.75 Å². The fraction of sp³-hybridized carbons (Fsp3) is 0.538. The van der Waals surface area contributed by atoms with Gasteiger partial charge in [0.15, 0.2) is 0 Å². The topological polar surface area (TPSA) is 35.2 Å². The number of halogens is 2. The predicted molar refractivity (Wildman–Crippen MR) is 71.6 cm³/mol. The standard InChI is InChI=1S/C13H19BrFNO/c1-8(16)12(13(2,3)4)17-9-5-6-11(15)10(14)7-9/h5-8,12H,16H2,1-4H3. The van der Waals surface area contributed by atoms with Gasteiger partial charge in [0.05, 0.1) is 4.47 Å². The molecule has 0 fully saturated rings. The molecule has 0 aliphatic carbocycles. The van der Waals surface area contributed by atoms with Crippen molar-refractivity contribution in [1.29, 1.82) is 0 Å². The molecule has 0 aliphatic heterocycles. The first kappa shape index (κ1) is 14.5. The van der Waals surface area contributed by atoms with E-state index in [9.17, 15) is 4.39 Å². The summed E-state index contributed by atoms with van der Waals surface area (Å²) >= 11 is 3.14. The molecule has 0 amide bonds. The lowest BCUT2D eigenvalue weighted by molar-refractivity contribution is 0.0683. The van der Waals surface area contributed by atoms with Crippen molar-refractivity contribution in [2.45, 2.75) is 39.8 Å². The zero-order valence-corrected chi connectivity index (χ0v) is 12.2. The highest BCUT2D eigenvalue weighted by atomic mass is 79.9. The number of hydrogen-bond donors (Lipinski definition) is 1. The van der Waals surface area contributed by atoms with Gasteiger partial charge in [0.1, 0.15) is 17.7 Å². The van der Waals surface area contributed by atoms with E-state index >= 15 is 0 Å². The molecule has 0 aliphatic rings. The highest BCUT2D eigenvalue weighted by Crippen LogP contribution is 2.28. The van der Waals surface area contributed by atoms with Gasteiger partial charge in [-0.2, -0.15) is 0 Å². The average Bonchev–Trinajstić information content (AvgIpc) is 2.17. The van der Waals surface area contributed by atoms with Crippen LogP contribution >= 0.6 is 15.9 Å². The summed E-state index contributed by atoms with van der Waals surface area (Å²) in [4.78, 5) is 0. The van der Waals surface area contributed by atoms with Gasteiger partial charge in [-0.15, -0.1) is 0 Å². The third-order valence-corrected chi connectivity index (χ3v) is 3.09. The molecule has 1 aromatic carbocycles. The molecule has 0 aromatic heterocycles. The summed E-state index contributed by atoms with van der Waals surface area (Å²) in [5, 5.41) is 0. The minimum atomic E-state index is -0.301. The Morgan fingerprint density at radius 1 is 1.35 bits per heavy atom. The van der Waals surface area contributed by atoms with Gasteiger partial charge in [-0.25, -0.2) is 4.39 Å². The van der Waals surface area contributed by atoms with Crippen LogP contribution in [0.1, 0.15) is 27.7 Å². The maximum absolute atomic E-state index is 13.1. The van der Waals surface area contributed by atoms with E-state index in [2.05, 4.69) is 36.7 Å². The Morgan fingerprint density at radius 2 is 1.94 bits per heavy atom. The fourth-order valence-electron chi connectivity index (χ4n) is 1.77. The average molecular weight is 304 g/mol. The lowest BCUT2D eigenvalue weighted by Crippen LogP contribution is -2.45. The molecule has 0 heterocycles. The second kappa shape index (κ2) is 5.36. The van der Waals surface area contributed by atoms with Crippen molar-refractivity contribution in [1.82, 2.24) is 0 Å². The third-order valence-electron chi connectivity index (χ3n) is 2.49. The van der Waals surface area contributed by atoms with E-state index in [-0.39, 0.29) is 23.4 Å². The van der Waals surface area contributed by atoms with Crippen molar-refractivity contribution in [3.05, 3.63) is 28.5 Å². The predicted octanol–water partition coefficient (Wildman–Crippen LogP) is 3.73. The quantitative estimate of drug-likeness (QED) is 0.923. The van der Waals surface area contributed by atoms with Crippen molar-refractivity contribution in [3.63, 3.8) is 0 Å². The zero-order valence-electron chi connectivity index (χ0n) is 10.6. The first-order valence-electron chi connectivity index (χ1n) is 5.59. The van der Waals surface area contributed by atoms with Crippen LogP contribution in [0, 0.1) is 11.2 Å². The van der Waals surface area contributed by atoms with Crippen LogP contribution in [0.4, 0.5) is 4.39 Å². The van der Waals surface area contributed by atoms with Crippen LogP contribution in [0.3, 0.4) is 0 Å². The first-order valence-corrected chi connectivity index (χ1v) is 6.38. The summed E-state index contributed by atoms with van der Waals surface area (Å²) < 4.78 is 19.4. The smallest absolute Gasteiger partial charge is 0.137 e. The Hall–Kier alpha value is -0.610. The Labute approximate surface area is 110 Å². The van der Waals surface area contributed by atoms with Crippen LogP contribution in [0.25, 0.3) is 0 Å². The van der Waals surface area contributed by atoms with Crippen molar-refractivity contribution in [2.75, 3.05) is 0 Å². The van der Waals surface area contributed by atoms with Crippen molar-refractivity contribution >= 4 is 15.9 Å². The first-order chi connectivity index (χ1) is 7.71. The van der Waals surface area contributed by atoms with Gasteiger partial charge in [-0.1, -0.05) is 20.8 Å². The minimum Gasteiger partial charge on any atom is -0.488 e. The van der Waals surface area contributed by atoms with Crippen LogP contribution in [0.5, 0.6) is 5.75 Å². The molecule has 0 spiro atoms. The van der Waals surface area contributed by atoms with Crippen LogP contribution in [-0.4, -0.2) is 12.1 Å². The molecule has 1 aromatic rings. The molecule has 2 nitrogen and oxygen atoms in total. The van der Waals surface area contributed by atoms with Gasteiger partial charge >= 0.3 is 0 Å². The molecule has 17 heavy (non-hydrogen) atoms. The van der Waals surface area contributed by atoms with E-state index < -0.39 is 0 Å². The van der Waals surface area contributed by atoms with Gasteiger partial charge in [0, 0.05) is 11.5 Å². The van der Waals surface area contributed by atoms with E-state index in [0.717, 1.165) is 0 Å². The molecular weight excluding hydrogens is 285 g/mol. The number of hydrogen-bond acceptors (Lipinski definition) is 2. The molecule has 96 valence electrons. The van der Waals surface area contributed by atoms with E-state index in [1.165, 1.54) is 6.07 Å². The summed E-state index contributed by atoms with van der Waals surface area (Å²) in [5.41, 5.74) is 5.85. The SMILES string of the molecule is CC(N)C(Oc1ccc(F)c(Br)c1)C(C)(C)C. The van der Waals surface area contributed by atoms with E-state index in [4.69, 9.17) is 10.5 Å². The summed E-state index contributed by atoms with van der Waals surface area (Å²) in [7, 11) is 0. The Bertz CT molecular complexity index is 387. The highest BCUT2D eigenvalue weighted by molar-refractivity contribution is 9.10. The largest absolute Gasteiger partial charge is 0.488 e. The van der Waals surface area contributed by atoms with Gasteiger partial charge < -0.3 is 10.5 Å². The molecule has 0 bridgehead atoms. The molecule has 2 unspecified atom stereocenters. The number of rotatable bonds is 3. The maximum Gasteiger partial charge on any atom is 0.137 e. The molecular formula is C13H19BrFNO. The fourth-order valence-corrected chi connectivity index (χ4v) is 2.13. The molecule has 4 heteroatoms. The number of ether oxygens (including phenoxy) is 1. The lowest BCUT2D eigenvalue weighted by atomic mass is 9.85. The van der Waals surface area contributed by atoms with E-state index in [1.54, 1.807) is 12.1 Å². The molecule has 1 rings (SSSR count). The second-order valence-corrected chi connectivity index (χ2v) is 6.19. The Kier molecular flexibility index (Phi) is 4.55. The Balaban J connectivity index is 2.91.